The molecule has 4 rings (SSSR count). The summed E-state index contributed by atoms with van der Waals surface area (Å²) in [6, 6.07) is 18.4. The van der Waals surface area contributed by atoms with E-state index in [2.05, 4.69) is 46.8 Å². The van der Waals surface area contributed by atoms with Crippen LogP contribution in [-0.4, -0.2) is 47.7 Å². The summed E-state index contributed by atoms with van der Waals surface area (Å²) in [6.07, 6.45) is 4.91. The van der Waals surface area contributed by atoms with Gasteiger partial charge in [0.05, 0.1) is 11.6 Å². The van der Waals surface area contributed by atoms with E-state index < -0.39 is 0 Å². The third kappa shape index (κ3) is 5.33. The minimum atomic E-state index is -0.0244. The van der Waals surface area contributed by atoms with Gasteiger partial charge in [-0.25, -0.2) is 0 Å². The van der Waals surface area contributed by atoms with E-state index in [1.807, 2.05) is 36.4 Å². The number of fused-ring (bicyclic) bond motifs is 1. The number of ether oxygens (including phenoxy) is 1. The Morgan fingerprint density at radius 2 is 1.84 bits per heavy atom. The number of amides is 1. The third-order valence-corrected chi connectivity index (χ3v) is 6.39. The van der Waals surface area contributed by atoms with Gasteiger partial charge >= 0.3 is 0 Å². The van der Waals surface area contributed by atoms with Gasteiger partial charge in [-0.3, -0.25) is 4.79 Å². The van der Waals surface area contributed by atoms with Gasteiger partial charge in [0.1, 0.15) is 11.4 Å². The van der Waals surface area contributed by atoms with Crippen LogP contribution in [0.1, 0.15) is 55.6 Å². The van der Waals surface area contributed by atoms with Gasteiger partial charge in [0, 0.05) is 25.0 Å². The molecule has 0 saturated carbocycles. The Kier molecular flexibility index (Phi) is 7.48. The molecule has 5 nitrogen and oxygen atoms in total. The summed E-state index contributed by atoms with van der Waals surface area (Å²) in [5, 5.41) is 4.15. The summed E-state index contributed by atoms with van der Waals surface area (Å²) >= 11 is 0. The molecule has 1 aliphatic rings. The van der Waals surface area contributed by atoms with E-state index in [4.69, 9.17) is 4.74 Å². The molecule has 3 aromatic rings. The van der Waals surface area contributed by atoms with E-state index in [0.717, 1.165) is 42.7 Å². The first kappa shape index (κ1) is 22.4. The van der Waals surface area contributed by atoms with E-state index in [-0.39, 0.29) is 12.0 Å². The van der Waals surface area contributed by atoms with Crippen molar-refractivity contribution in [3.63, 3.8) is 0 Å². The molecule has 2 heterocycles. The fourth-order valence-corrected chi connectivity index (χ4v) is 4.39. The summed E-state index contributed by atoms with van der Waals surface area (Å²) < 4.78 is 8.30. The van der Waals surface area contributed by atoms with Crippen LogP contribution < -0.4 is 10.1 Å². The smallest absolute Gasteiger partial charge is 0.268 e. The third-order valence-electron chi connectivity index (χ3n) is 6.39. The maximum Gasteiger partial charge on any atom is 0.268 e. The number of nitrogens with zero attached hydrogens (tertiary/aromatic N) is 2. The van der Waals surface area contributed by atoms with Gasteiger partial charge in [-0.2, -0.15) is 0 Å². The van der Waals surface area contributed by atoms with Crippen molar-refractivity contribution in [3.8, 4) is 5.75 Å². The fourth-order valence-electron chi connectivity index (χ4n) is 4.39. The summed E-state index contributed by atoms with van der Waals surface area (Å²) in [4.78, 5) is 15.7. The van der Waals surface area contributed by atoms with Crippen LogP contribution in [0, 0.1) is 0 Å². The molecular weight excluding hydrogens is 398 g/mol. The first-order chi connectivity index (χ1) is 15.7. The lowest BCUT2D eigenvalue weighted by Gasteiger charge is -2.26. The molecule has 1 aromatic heterocycles. The zero-order chi connectivity index (χ0) is 22.3. The van der Waals surface area contributed by atoms with E-state index in [9.17, 15) is 4.79 Å². The molecule has 170 valence electrons. The average Bonchev–Trinajstić information content (AvgIpc) is 3.20. The van der Waals surface area contributed by atoms with E-state index in [0.29, 0.717) is 18.8 Å². The number of carbonyl (C=O) groups is 1. The van der Waals surface area contributed by atoms with E-state index in [1.165, 1.54) is 24.8 Å². The Balaban J connectivity index is 1.60. The molecule has 0 spiro atoms. The molecule has 1 saturated heterocycles. The van der Waals surface area contributed by atoms with Crippen molar-refractivity contribution in [3.05, 3.63) is 65.9 Å². The van der Waals surface area contributed by atoms with Crippen LogP contribution in [0.25, 0.3) is 10.9 Å². The molecule has 1 N–H and O–H groups in total. The molecule has 1 aliphatic heterocycles. The lowest BCUT2D eigenvalue weighted by Crippen LogP contribution is -2.38. The molecule has 1 amide bonds. The number of carbonyl (C=O) groups excluding carboxylic acids is 1. The first-order valence-corrected chi connectivity index (χ1v) is 12.0. The highest BCUT2D eigenvalue weighted by molar-refractivity contribution is 6.00. The summed E-state index contributed by atoms with van der Waals surface area (Å²) in [6.45, 7) is 8.70. The quantitative estimate of drug-likeness (QED) is 0.512. The molecule has 0 aliphatic carbocycles. The molecule has 2 aromatic carbocycles. The second-order valence-corrected chi connectivity index (χ2v) is 8.79. The lowest BCUT2D eigenvalue weighted by molar-refractivity contribution is 0.0938. The topological polar surface area (TPSA) is 46.5 Å². The molecule has 1 fully saturated rings. The van der Waals surface area contributed by atoms with Crippen molar-refractivity contribution >= 4 is 16.8 Å². The van der Waals surface area contributed by atoms with Crippen LogP contribution in [0.3, 0.4) is 0 Å². The standard InChI is InChI=1S/C27H35N3O2/c1-3-21(2)32-26-14-10-13-24-23(26)19-25(30(24)20-22-11-6-4-7-12-22)27(31)28-15-18-29-16-8-5-9-17-29/h4,6-7,10-14,19,21H,3,5,8-9,15-18,20H2,1-2H3,(H,28,31). The molecule has 0 bridgehead atoms. The Hall–Kier alpha value is -2.79. The number of rotatable bonds is 9. The van der Waals surface area contributed by atoms with Gasteiger partial charge in [0.2, 0.25) is 0 Å². The van der Waals surface area contributed by atoms with Crippen LogP contribution in [0.2, 0.25) is 0 Å². The van der Waals surface area contributed by atoms with Crippen molar-refractivity contribution in [2.45, 2.75) is 52.2 Å². The van der Waals surface area contributed by atoms with Gasteiger partial charge in [-0.05, 0) is 63.0 Å². The van der Waals surface area contributed by atoms with Crippen molar-refractivity contribution in [1.29, 1.82) is 0 Å². The number of likely N-dealkylation sites (tertiary alicyclic amines) is 1. The van der Waals surface area contributed by atoms with E-state index in [1.54, 1.807) is 0 Å². The summed E-state index contributed by atoms with van der Waals surface area (Å²) in [5.74, 6) is 0.814. The van der Waals surface area contributed by atoms with Crippen LogP contribution in [-0.2, 0) is 6.54 Å². The lowest BCUT2D eigenvalue weighted by atomic mass is 10.1. The monoisotopic (exact) mass is 433 g/mol. The van der Waals surface area contributed by atoms with Crippen LogP contribution in [0.5, 0.6) is 5.75 Å². The normalized spacial score (nSPS) is 15.6. The Labute approximate surface area is 191 Å². The highest BCUT2D eigenvalue weighted by atomic mass is 16.5. The highest BCUT2D eigenvalue weighted by Crippen LogP contribution is 2.31. The van der Waals surface area contributed by atoms with Crippen LogP contribution in [0.4, 0.5) is 0 Å². The fraction of sp³-hybridized carbons (Fsp3) is 0.444. The Bertz CT molecular complexity index is 1020. The van der Waals surface area contributed by atoms with Gasteiger partial charge in [0.15, 0.2) is 0 Å². The zero-order valence-electron chi connectivity index (χ0n) is 19.3. The average molecular weight is 434 g/mol. The Morgan fingerprint density at radius 1 is 1.06 bits per heavy atom. The predicted octanol–water partition coefficient (Wildman–Crippen LogP) is 5.08. The van der Waals surface area contributed by atoms with Gasteiger partial charge < -0.3 is 19.5 Å². The van der Waals surface area contributed by atoms with Crippen LogP contribution >= 0.6 is 0 Å². The minimum Gasteiger partial charge on any atom is -0.490 e. The van der Waals surface area contributed by atoms with Gasteiger partial charge in [-0.1, -0.05) is 49.7 Å². The first-order valence-electron chi connectivity index (χ1n) is 12.0. The predicted molar refractivity (Wildman–Crippen MR) is 130 cm³/mol. The Morgan fingerprint density at radius 3 is 2.59 bits per heavy atom. The van der Waals surface area contributed by atoms with Crippen LogP contribution in [0.15, 0.2) is 54.6 Å². The number of hydrogen-bond donors (Lipinski definition) is 1. The van der Waals surface area contributed by atoms with Gasteiger partial charge in [-0.15, -0.1) is 0 Å². The summed E-state index contributed by atoms with van der Waals surface area (Å²) in [7, 11) is 0. The van der Waals surface area contributed by atoms with E-state index >= 15 is 0 Å². The maximum absolute atomic E-state index is 13.3. The van der Waals surface area contributed by atoms with Crippen molar-refractivity contribution in [2.75, 3.05) is 26.2 Å². The highest BCUT2D eigenvalue weighted by Gasteiger charge is 2.19. The second kappa shape index (κ2) is 10.7. The maximum atomic E-state index is 13.3. The van der Waals surface area contributed by atoms with Crippen molar-refractivity contribution in [1.82, 2.24) is 14.8 Å². The van der Waals surface area contributed by atoms with Gasteiger partial charge in [0.25, 0.3) is 5.91 Å². The molecule has 1 atom stereocenters. The van der Waals surface area contributed by atoms with Crippen molar-refractivity contribution < 1.29 is 9.53 Å². The largest absolute Gasteiger partial charge is 0.490 e. The molecule has 32 heavy (non-hydrogen) atoms. The number of piperidine rings is 1. The minimum absolute atomic E-state index is 0.0244. The van der Waals surface area contributed by atoms with Crippen molar-refractivity contribution in [2.24, 2.45) is 0 Å². The zero-order valence-corrected chi connectivity index (χ0v) is 19.3. The molecule has 0 radical (unpaired) electrons. The molecule has 1 unspecified atom stereocenters. The number of aromatic nitrogens is 1. The number of nitrogens with one attached hydrogen (secondary N) is 1. The number of hydrogen-bond acceptors (Lipinski definition) is 3. The molecule has 5 heteroatoms. The SMILES string of the molecule is CCC(C)Oc1cccc2c1cc(C(=O)NCCN1CCCCC1)n2Cc1ccccc1. The summed E-state index contributed by atoms with van der Waals surface area (Å²) in [5.41, 5.74) is 2.87. The molecular formula is C27H35N3O2. The second-order valence-electron chi connectivity index (χ2n) is 8.79. The number of benzene rings is 2.